The summed E-state index contributed by atoms with van der Waals surface area (Å²) in [6.45, 7) is 1.84. The van der Waals surface area contributed by atoms with E-state index in [1.54, 1.807) is 0 Å². The molecule has 0 amide bonds. The zero-order chi connectivity index (χ0) is 22.3. The molecule has 0 aliphatic rings. The van der Waals surface area contributed by atoms with Gasteiger partial charge in [-0.1, -0.05) is 92.7 Å². The van der Waals surface area contributed by atoms with Gasteiger partial charge in [0.1, 0.15) is 0 Å². The first-order valence-corrected chi connectivity index (χ1v) is 12.0. The van der Waals surface area contributed by atoms with Gasteiger partial charge < -0.3 is 30.3 Å². The minimum absolute atomic E-state index is 0. The molecular formula is C31H27FeP-6. The molecule has 0 nitrogen and oxygen atoms in total. The second-order valence-corrected chi connectivity index (χ2v) is 9.07. The van der Waals surface area contributed by atoms with E-state index in [0.29, 0.717) is 0 Å². The smallest absolute Gasteiger partial charge is 0.0245 e. The summed E-state index contributed by atoms with van der Waals surface area (Å²) >= 11 is 0. The van der Waals surface area contributed by atoms with Gasteiger partial charge in [-0.2, -0.15) is 12.1 Å². The Balaban J connectivity index is 0.000000214. The minimum Gasteiger partial charge on any atom is -0.748 e. The van der Waals surface area contributed by atoms with E-state index in [9.17, 15) is 0 Å². The average Bonchev–Trinajstić information content (AvgIpc) is 3.60. The number of hydrogen-bond donors (Lipinski definition) is 0. The van der Waals surface area contributed by atoms with Crippen molar-refractivity contribution in [3.8, 4) is 11.8 Å². The van der Waals surface area contributed by atoms with Crippen LogP contribution in [0.5, 0.6) is 0 Å². The number of hydrogen-bond acceptors (Lipinski definition) is 0. The molecule has 0 atom stereocenters. The first-order valence-electron chi connectivity index (χ1n) is 10.6. The van der Waals surface area contributed by atoms with Gasteiger partial charge in [0.05, 0.1) is 0 Å². The summed E-state index contributed by atoms with van der Waals surface area (Å²) in [4.78, 5) is 0. The van der Waals surface area contributed by atoms with Crippen molar-refractivity contribution < 1.29 is 17.1 Å². The molecule has 0 aliphatic carbocycles. The Morgan fingerprint density at radius 2 is 0.970 bits per heavy atom. The second-order valence-electron chi connectivity index (χ2n) is 6.85. The van der Waals surface area contributed by atoms with E-state index in [1.807, 2.05) is 67.6 Å². The van der Waals surface area contributed by atoms with E-state index in [4.69, 9.17) is 0 Å². The second kappa shape index (κ2) is 15.6. The fourth-order valence-corrected chi connectivity index (χ4v) is 5.41. The topological polar surface area (TPSA) is 0 Å². The summed E-state index contributed by atoms with van der Waals surface area (Å²) in [5, 5.41) is 4.23. The predicted molar refractivity (Wildman–Crippen MR) is 142 cm³/mol. The fraction of sp³-hybridized carbons (Fsp3) is 0.0323. The predicted octanol–water partition coefficient (Wildman–Crippen LogP) is 6.62. The van der Waals surface area contributed by atoms with Crippen LogP contribution in [0.2, 0.25) is 0 Å². The Labute approximate surface area is 210 Å². The van der Waals surface area contributed by atoms with E-state index in [-0.39, 0.29) is 17.1 Å². The standard InChI is InChI=1S/C17H14P.C9H8.C5H5.Fe/c1-3-9-15(10-4-1)18(17-13-7-8-14-17)16-11-5-2-6-12-16;1-2-6-9-7-4-3-5-8-9;1-2-4-5-3-1;/h1-14H;3-5,7-8H,1H3;1-5H;/q-1;;-5;. The van der Waals surface area contributed by atoms with Crippen LogP contribution in [0.4, 0.5) is 0 Å². The van der Waals surface area contributed by atoms with Crippen molar-refractivity contribution in [2.45, 2.75) is 6.92 Å². The zero-order valence-corrected chi connectivity index (χ0v) is 20.7. The van der Waals surface area contributed by atoms with Crippen molar-refractivity contribution in [3.63, 3.8) is 0 Å². The summed E-state index contributed by atoms with van der Waals surface area (Å²) in [6, 6.07) is 50.2. The molecule has 0 bridgehead atoms. The molecular weight excluding hydrogens is 459 g/mol. The van der Waals surface area contributed by atoms with Gasteiger partial charge in [0.25, 0.3) is 0 Å². The molecule has 2 heteroatoms. The minimum atomic E-state index is -0.409. The van der Waals surface area contributed by atoms with E-state index < -0.39 is 7.92 Å². The molecule has 0 fully saturated rings. The van der Waals surface area contributed by atoms with Crippen molar-refractivity contribution in [1.82, 2.24) is 0 Å². The van der Waals surface area contributed by atoms with E-state index in [2.05, 4.69) is 96.8 Å². The van der Waals surface area contributed by atoms with Crippen molar-refractivity contribution in [1.29, 1.82) is 0 Å². The first-order chi connectivity index (χ1) is 15.9. The number of rotatable bonds is 3. The molecule has 0 saturated heterocycles. The molecule has 5 rings (SSSR count). The van der Waals surface area contributed by atoms with Crippen molar-refractivity contribution in [3.05, 3.63) is 151 Å². The maximum atomic E-state index is 2.96. The molecule has 0 unspecified atom stereocenters. The zero-order valence-electron chi connectivity index (χ0n) is 18.7. The van der Waals surface area contributed by atoms with E-state index >= 15 is 0 Å². The average molecular weight is 486 g/mol. The van der Waals surface area contributed by atoms with Gasteiger partial charge in [0.15, 0.2) is 0 Å². The van der Waals surface area contributed by atoms with E-state index in [0.717, 1.165) is 5.56 Å². The molecule has 0 aromatic heterocycles. The maximum Gasteiger partial charge on any atom is 0.0245 e. The van der Waals surface area contributed by atoms with Crippen LogP contribution in [0.1, 0.15) is 12.5 Å². The van der Waals surface area contributed by atoms with Crippen LogP contribution in [0.15, 0.2) is 146 Å². The third kappa shape index (κ3) is 9.10. The Hall–Kier alpha value is -3.13. The van der Waals surface area contributed by atoms with Crippen LogP contribution < -0.4 is 15.9 Å². The van der Waals surface area contributed by atoms with Crippen LogP contribution >= 0.6 is 7.92 Å². The third-order valence-electron chi connectivity index (χ3n) is 4.53. The Morgan fingerprint density at radius 3 is 1.36 bits per heavy atom. The summed E-state index contributed by atoms with van der Waals surface area (Å²) in [5.74, 6) is 5.79. The van der Waals surface area contributed by atoms with Crippen LogP contribution in [0.25, 0.3) is 0 Å². The largest absolute Gasteiger partial charge is 0.748 e. The SMILES string of the molecule is CC#Cc1ccccc1.[Fe].[cH-]1[cH-][cH-][cH-][cH-]1.c1ccc(P(c2ccccc2)[c-]2cccc2)cc1. The van der Waals surface area contributed by atoms with Crippen LogP contribution in [0, 0.1) is 11.8 Å². The molecule has 0 heterocycles. The van der Waals surface area contributed by atoms with Crippen LogP contribution in [-0.2, 0) is 17.1 Å². The maximum absolute atomic E-state index is 2.96. The van der Waals surface area contributed by atoms with Crippen molar-refractivity contribution >= 4 is 23.8 Å². The Morgan fingerprint density at radius 1 is 0.576 bits per heavy atom. The Bertz CT molecular complexity index is 1090. The summed E-state index contributed by atoms with van der Waals surface area (Å²) in [6.07, 6.45) is 0. The van der Waals surface area contributed by atoms with Crippen LogP contribution in [-0.4, -0.2) is 0 Å². The van der Waals surface area contributed by atoms with Crippen molar-refractivity contribution in [2.24, 2.45) is 0 Å². The molecule has 0 radical (unpaired) electrons. The van der Waals surface area contributed by atoms with Crippen LogP contribution in [0.3, 0.4) is 0 Å². The molecule has 33 heavy (non-hydrogen) atoms. The van der Waals surface area contributed by atoms with Gasteiger partial charge in [-0.3, -0.25) is 0 Å². The molecule has 170 valence electrons. The van der Waals surface area contributed by atoms with Gasteiger partial charge >= 0.3 is 0 Å². The summed E-state index contributed by atoms with van der Waals surface area (Å²) < 4.78 is 0. The summed E-state index contributed by atoms with van der Waals surface area (Å²) in [5.41, 5.74) is 1.08. The third-order valence-corrected chi connectivity index (χ3v) is 6.97. The quantitative estimate of drug-likeness (QED) is 0.116. The molecule has 0 spiro atoms. The van der Waals surface area contributed by atoms with E-state index in [1.165, 1.54) is 15.9 Å². The number of benzene rings is 3. The molecule has 0 N–H and O–H groups in total. The van der Waals surface area contributed by atoms with Gasteiger partial charge in [0, 0.05) is 22.6 Å². The molecule has 5 aromatic carbocycles. The molecule has 5 aromatic rings. The molecule has 0 saturated carbocycles. The summed E-state index contributed by atoms with van der Waals surface area (Å²) in [7, 11) is -0.409. The first kappa shape index (κ1) is 26.1. The Kier molecular flexibility index (Phi) is 12.4. The van der Waals surface area contributed by atoms with Gasteiger partial charge in [-0.25, -0.2) is 12.1 Å². The van der Waals surface area contributed by atoms with Crippen molar-refractivity contribution in [2.75, 3.05) is 0 Å². The monoisotopic (exact) mass is 486 g/mol. The van der Waals surface area contributed by atoms with Gasteiger partial charge in [-0.15, -0.1) is 11.2 Å². The molecule has 0 aliphatic heterocycles. The fourth-order valence-electron chi connectivity index (χ4n) is 3.10. The van der Waals surface area contributed by atoms with Gasteiger partial charge in [-0.05, 0) is 29.7 Å². The normalized spacial score (nSPS) is 9.15. The van der Waals surface area contributed by atoms with Gasteiger partial charge in [0.2, 0.25) is 0 Å².